The summed E-state index contributed by atoms with van der Waals surface area (Å²) in [6.45, 7) is 1.30. The van der Waals surface area contributed by atoms with E-state index in [9.17, 15) is 0 Å². The molecule has 1 heterocycles. The highest BCUT2D eigenvalue weighted by Crippen LogP contribution is 2.53. The SMILES string of the molecule is C1CCC(CNC2C3CC4CC(C3)CC2C4)SC1. The summed E-state index contributed by atoms with van der Waals surface area (Å²) in [6.07, 6.45) is 12.2. The maximum absolute atomic E-state index is 4.01. The van der Waals surface area contributed by atoms with Gasteiger partial charge in [-0.3, -0.25) is 0 Å². The van der Waals surface area contributed by atoms with Crippen LogP contribution >= 0.6 is 11.8 Å². The lowest BCUT2D eigenvalue weighted by Gasteiger charge is -2.54. The van der Waals surface area contributed by atoms with Crippen molar-refractivity contribution in [1.29, 1.82) is 0 Å². The van der Waals surface area contributed by atoms with E-state index in [0.717, 1.165) is 35.0 Å². The topological polar surface area (TPSA) is 12.0 Å². The molecule has 4 aliphatic carbocycles. The fourth-order valence-electron chi connectivity index (χ4n) is 5.49. The van der Waals surface area contributed by atoms with Crippen molar-refractivity contribution in [3.63, 3.8) is 0 Å². The summed E-state index contributed by atoms with van der Waals surface area (Å²) in [7, 11) is 0. The monoisotopic (exact) mass is 265 g/mol. The van der Waals surface area contributed by atoms with Crippen LogP contribution in [0.5, 0.6) is 0 Å². The van der Waals surface area contributed by atoms with Gasteiger partial charge in [0.15, 0.2) is 0 Å². The number of thioether (sulfide) groups is 1. The fraction of sp³-hybridized carbons (Fsp3) is 1.00. The summed E-state index contributed by atoms with van der Waals surface area (Å²) < 4.78 is 0. The van der Waals surface area contributed by atoms with Crippen LogP contribution < -0.4 is 5.32 Å². The van der Waals surface area contributed by atoms with Gasteiger partial charge in [0.1, 0.15) is 0 Å². The molecule has 5 rings (SSSR count). The second-order valence-electron chi connectivity index (χ2n) is 7.35. The highest BCUT2D eigenvalue weighted by molar-refractivity contribution is 7.99. The summed E-state index contributed by atoms with van der Waals surface area (Å²) in [5.74, 6) is 5.75. The maximum atomic E-state index is 4.01. The second-order valence-corrected chi connectivity index (χ2v) is 8.76. The Bertz CT molecular complexity index is 269. The van der Waals surface area contributed by atoms with Gasteiger partial charge in [-0.25, -0.2) is 0 Å². The molecule has 1 nitrogen and oxygen atoms in total. The van der Waals surface area contributed by atoms with E-state index in [0.29, 0.717) is 0 Å². The lowest BCUT2D eigenvalue weighted by Crippen LogP contribution is -2.55. The average molecular weight is 265 g/mol. The number of hydrogen-bond acceptors (Lipinski definition) is 2. The third-order valence-electron chi connectivity index (χ3n) is 6.08. The molecule has 5 aliphatic rings. The summed E-state index contributed by atoms with van der Waals surface area (Å²) in [5.41, 5.74) is 0. The van der Waals surface area contributed by atoms with Gasteiger partial charge in [-0.15, -0.1) is 0 Å². The maximum Gasteiger partial charge on any atom is 0.0172 e. The van der Waals surface area contributed by atoms with E-state index in [1.807, 2.05) is 0 Å². The Kier molecular flexibility index (Phi) is 3.36. The van der Waals surface area contributed by atoms with E-state index < -0.39 is 0 Å². The molecular weight excluding hydrogens is 238 g/mol. The Hall–Kier alpha value is 0.310. The average Bonchev–Trinajstić information content (AvgIpc) is 2.38. The standard InChI is InChI=1S/C16H27NS/c1-2-4-18-15(3-1)10-17-16-13-6-11-5-12(8-13)9-14(16)7-11/h11-17H,1-10H2. The summed E-state index contributed by atoms with van der Waals surface area (Å²) >= 11 is 2.23. The molecule has 102 valence electrons. The molecule has 1 N–H and O–H groups in total. The predicted octanol–water partition coefficient (Wildman–Crippen LogP) is 3.69. The number of nitrogens with one attached hydrogen (secondary N) is 1. The minimum Gasteiger partial charge on any atom is -0.312 e. The molecule has 18 heavy (non-hydrogen) atoms. The Morgan fingerprint density at radius 2 is 1.61 bits per heavy atom. The highest BCUT2D eigenvalue weighted by atomic mass is 32.2. The Morgan fingerprint density at radius 3 is 2.22 bits per heavy atom. The Morgan fingerprint density at radius 1 is 0.889 bits per heavy atom. The van der Waals surface area contributed by atoms with E-state index in [4.69, 9.17) is 0 Å². The molecular formula is C16H27NS. The molecule has 1 atom stereocenters. The first-order valence-corrected chi connectivity index (χ1v) is 9.28. The van der Waals surface area contributed by atoms with Crippen LogP contribution in [0.4, 0.5) is 0 Å². The van der Waals surface area contributed by atoms with Crippen LogP contribution in [-0.4, -0.2) is 23.6 Å². The van der Waals surface area contributed by atoms with Gasteiger partial charge in [-0.1, -0.05) is 6.42 Å². The van der Waals surface area contributed by atoms with Crippen LogP contribution in [0.2, 0.25) is 0 Å². The number of hydrogen-bond donors (Lipinski definition) is 1. The van der Waals surface area contributed by atoms with Crippen LogP contribution in [0, 0.1) is 23.7 Å². The summed E-state index contributed by atoms with van der Waals surface area (Å²) in [4.78, 5) is 0. The zero-order chi connectivity index (χ0) is 11.9. The molecule has 1 unspecified atom stereocenters. The summed E-state index contributed by atoms with van der Waals surface area (Å²) in [5, 5.41) is 4.94. The van der Waals surface area contributed by atoms with Crippen molar-refractivity contribution < 1.29 is 0 Å². The molecule has 0 amide bonds. The third-order valence-corrected chi connectivity index (χ3v) is 7.48. The molecule has 0 spiro atoms. The van der Waals surface area contributed by atoms with Gasteiger partial charge in [0, 0.05) is 17.8 Å². The molecule has 2 heteroatoms. The largest absolute Gasteiger partial charge is 0.312 e. The van der Waals surface area contributed by atoms with Gasteiger partial charge in [-0.2, -0.15) is 11.8 Å². The van der Waals surface area contributed by atoms with Crippen molar-refractivity contribution in [3.05, 3.63) is 0 Å². The predicted molar refractivity (Wildman–Crippen MR) is 78.9 cm³/mol. The van der Waals surface area contributed by atoms with Gasteiger partial charge in [-0.05, 0) is 74.4 Å². The van der Waals surface area contributed by atoms with Crippen molar-refractivity contribution in [3.8, 4) is 0 Å². The zero-order valence-electron chi connectivity index (χ0n) is 11.4. The molecule has 0 aromatic rings. The molecule has 4 bridgehead atoms. The molecule has 4 saturated carbocycles. The number of rotatable bonds is 3. The van der Waals surface area contributed by atoms with E-state index in [1.54, 1.807) is 32.1 Å². The lowest BCUT2D eigenvalue weighted by atomic mass is 9.54. The third kappa shape index (κ3) is 2.24. The van der Waals surface area contributed by atoms with Gasteiger partial charge < -0.3 is 5.32 Å². The van der Waals surface area contributed by atoms with Crippen molar-refractivity contribution in [2.24, 2.45) is 23.7 Å². The minimum atomic E-state index is 0.903. The van der Waals surface area contributed by atoms with Crippen molar-refractivity contribution >= 4 is 11.8 Å². The summed E-state index contributed by atoms with van der Waals surface area (Å²) in [6, 6.07) is 0.903. The minimum absolute atomic E-state index is 0.903. The molecule has 1 saturated heterocycles. The zero-order valence-corrected chi connectivity index (χ0v) is 12.3. The van der Waals surface area contributed by atoms with Gasteiger partial charge >= 0.3 is 0 Å². The molecule has 0 aromatic heterocycles. The van der Waals surface area contributed by atoms with E-state index in [2.05, 4.69) is 17.1 Å². The first-order chi connectivity index (χ1) is 8.88. The van der Waals surface area contributed by atoms with Gasteiger partial charge in [0.2, 0.25) is 0 Å². The van der Waals surface area contributed by atoms with E-state index in [-0.39, 0.29) is 0 Å². The lowest BCUT2D eigenvalue weighted by molar-refractivity contribution is -0.0134. The van der Waals surface area contributed by atoms with Crippen LogP contribution in [0.3, 0.4) is 0 Å². The quantitative estimate of drug-likeness (QED) is 0.835. The first kappa shape index (κ1) is 12.1. The van der Waals surface area contributed by atoms with Crippen LogP contribution in [0.1, 0.15) is 51.4 Å². The second kappa shape index (κ2) is 5.01. The van der Waals surface area contributed by atoms with Crippen molar-refractivity contribution in [2.45, 2.75) is 62.7 Å². The Labute approximate surface area is 116 Å². The van der Waals surface area contributed by atoms with Crippen LogP contribution in [-0.2, 0) is 0 Å². The van der Waals surface area contributed by atoms with Gasteiger partial charge in [0.05, 0.1) is 0 Å². The highest BCUT2D eigenvalue weighted by Gasteiger charge is 2.47. The van der Waals surface area contributed by atoms with E-state index >= 15 is 0 Å². The molecule has 0 radical (unpaired) electrons. The van der Waals surface area contributed by atoms with Gasteiger partial charge in [0.25, 0.3) is 0 Å². The fourth-order valence-corrected chi connectivity index (χ4v) is 6.75. The molecule has 5 fully saturated rings. The first-order valence-electron chi connectivity index (χ1n) is 8.23. The van der Waals surface area contributed by atoms with Crippen molar-refractivity contribution in [2.75, 3.05) is 12.3 Å². The van der Waals surface area contributed by atoms with Crippen LogP contribution in [0.25, 0.3) is 0 Å². The Balaban J connectivity index is 1.34. The van der Waals surface area contributed by atoms with Crippen LogP contribution in [0.15, 0.2) is 0 Å². The van der Waals surface area contributed by atoms with Crippen molar-refractivity contribution in [1.82, 2.24) is 5.32 Å². The molecule has 1 aliphatic heterocycles. The van der Waals surface area contributed by atoms with E-state index in [1.165, 1.54) is 31.6 Å². The molecule has 0 aromatic carbocycles. The normalized spacial score (nSPS) is 50.7. The smallest absolute Gasteiger partial charge is 0.0172 e.